The summed E-state index contributed by atoms with van der Waals surface area (Å²) in [6.45, 7) is 2.81. The molecule has 3 rings (SSSR count). The van der Waals surface area contributed by atoms with Crippen molar-refractivity contribution in [2.75, 3.05) is 18.0 Å². The average Bonchev–Trinajstić information content (AvgIpc) is 3.24. The smallest absolute Gasteiger partial charge is 0.227 e. The van der Waals surface area contributed by atoms with Crippen LogP contribution in [0.5, 0.6) is 0 Å². The van der Waals surface area contributed by atoms with Crippen molar-refractivity contribution in [3.63, 3.8) is 0 Å². The third-order valence-electron chi connectivity index (χ3n) is 4.22. The summed E-state index contributed by atoms with van der Waals surface area (Å²) in [4.78, 5) is 14.7. The molecule has 1 atom stereocenters. The van der Waals surface area contributed by atoms with Crippen LogP contribution >= 0.6 is 23.7 Å². The zero-order valence-electron chi connectivity index (χ0n) is 13.1. The van der Waals surface area contributed by atoms with Gasteiger partial charge in [-0.05, 0) is 66.4 Å². The van der Waals surface area contributed by atoms with Gasteiger partial charge >= 0.3 is 0 Å². The van der Waals surface area contributed by atoms with Gasteiger partial charge < -0.3 is 10.2 Å². The van der Waals surface area contributed by atoms with Crippen LogP contribution in [-0.4, -0.2) is 19.0 Å². The highest BCUT2D eigenvalue weighted by atomic mass is 35.5. The van der Waals surface area contributed by atoms with Gasteiger partial charge in [0.15, 0.2) is 0 Å². The normalized spacial score (nSPS) is 16.8. The van der Waals surface area contributed by atoms with Crippen molar-refractivity contribution in [2.45, 2.75) is 25.8 Å². The van der Waals surface area contributed by atoms with E-state index in [1.54, 1.807) is 11.3 Å². The van der Waals surface area contributed by atoms with Crippen molar-refractivity contribution in [3.05, 3.63) is 52.7 Å². The van der Waals surface area contributed by atoms with E-state index in [1.807, 2.05) is 35.2 Å². The molecule has 1 aliphatic rings. The Kier molecular flexibility index (Phi) is 7.09. The summed E-state index contributed by atoms with van der Waals surface area (Å²) < 4.78 is 0. The highest BCUT2D eigenvalue weighted by molar-refractivity contribution is 7.07. The standard InChI is InChI=1S/C18H22N2OS.ClH/c21-18(7-6-15-8-10-19-12-15)20(13-16-9-11-22-14-16)17-4-2-1-3-5-17;/h1-5,9,11,14-15,19H,6-8,10,12-13H2;1H. The van der Waals surface area contributed by atoms with Crippen molar-refractivity contribution in [3.8, 4) is 0 Å². The Bertz CT molecular complexity index is 582. The highest BCUT2D eigenvalue weighted by Gasteiger charge is 2.20. The zero-order valence-corrected chi connectivity index (χ0v) is 14.7. The molecular formula is C18H23ClN2OS. The van der Waals surface area contributed by atoms with E-state index in [-0.39, 0.29) is 18.3 Å². The van der Waals surface area contributed by atoms with Crippen LogP contribution in [0.25, 0.3) is 0 Å². The first-order valence-electron chi connectivity index (χ1n) is 7.90. The second-order valence-corrected chi connectivity index (χ2v) is 6.62. The Morgan fingerprint density at radius 1 is 1.26 bits per heavy atom. The Morgan fingerprint density at radius 2 is 2.09 bits per heavy atom. The van der Waals surface area contributed by atoms with Gasteiger partial charge in [0.2, 0.25) is 5.91 Å². The number of hydrogen-bond acceptors (Lipinski definition) is 3. The molecule has 0 radical (unpaired) electrons. The number of benzene rings is 1. The van der Waals surface area contributed by atoms with E-state index in [0.29, 0.717) is 18.9 Å². The second kappa shape index (κ2) is 9.06. The third-order valence-corrected chi connectivity index (χ3v) is 4.95. The maximum atomic E-state index is 12.7. The summed E-state index contributed by atoms with van der Waals surface area (Å²) in [5.41, 5.74) is 2.19. The number of carbonyl (C=O) groups is 1. The zero-order chi connectivity index (χ0) is 15.2. The minimum atomic E-state index is 0. The van der Waals surface area contributed by atoms with Crippen LogP contribution in [0, 0.1) is 5.92 Å². The average molecular weight is 351 g/mol. The van der Waals surface area contributed by atoms with Crippen LogP contribution < -0.4 is 10.2 Å². The largest absolute Gasteiger partial charge is 0.316 e. The van der Waals surface area contributed by atoms with Gasteiger partial charge in [-0.1, -0.05) is 18.2 Å². The lowest BCUT2D eigenvalue weighted by Crippen LogP contribution is -2.30. The van der Waals surface area contributed by atoms with E-state index in [1.165, 1.54) is 12.0 Å². The minimum absolute atomic E-state index is 0. The van der Waals surface area contributed by atoms with Crippen molar-refractivity contribution < 1.29 is 4.79 Å². The summed E-state index contributed by atoms with van der Waals surface area (Å²) >= 11 is 1.68. The maximum absolute atomic E-state index is 12.7. The lowest BCUT2D eigenvalue weighted by Gasteiger charge is -2.23. The summed E-state index contributed by atoms with van der Waals surface area (Å²) in [7, 11) is 0. The number of thiophene rings is 1. The monoisotopic (exact) mass is 350 g/mol. The molecule has 1 unspecified atom stereocenters. The van der Waals surface area contributed by atoms with Gasteiger partial charge in [-0.15, -0.1) is 12.4 Å². The van der Waals surface area contributed by atoms with Crippen LogP contribution in [0.15, 0.2) is 47.2 Å². The number of halogens is 1. The van der Waals surface area contributed by atoms with E-state index < -0.39 is 0 Å². The Morgan fingerprint density at radius 3 is 2.74 bits per heavy atom. The predicted molar refractivity (Wildman–Crippen MR) is 99.4 cm³/mol. The van der Waals surface area contributed by atoms with Crippen molar-refractivity contribution in [1.82, 2.24) is 5.32 Å². The van der Waals surface area contributed by atoms with Crippen LogP contribution in [0.2, 0.25) is 0 Å². The number of para-hydroxylation sites is 1. The molecule has 1 aliphatic heterocycles. The van der Waals surface area contributed by atoms with E-state index in [0.717, 1.165) is 25.2 Å². The summed E-state index contributed by atoms with van der Waals surface area (Å²) in [6, 6.07) is 12.1. The number of nitrogens with zero attached hydrogens (tertiary/aromatic N) is 1. The molecule has 3 nitrogen and oxygen atoms in total. The molecule has 2 aromatic rings. The molecule has 0 spiro atoms. The van der Waals surface area contributed by atoms with Gasteiger partial charge in [0, 0.05) is 12.1 Å². The number of amides is 1. The van der Waals surface area contributed by atoms with Gasteiger partial charge in [-0.2, -0.15) is 11.3 Å². The lowest BCUT2D eigenvalue weighted by molar-refractivity contribution is -0.119. The first kappa shape index (κ1) is 18.0. The fraction of sp³-hybridized carbons (Fsp3) is 0.389. The van der Waals surface area contributed by atoms with Gasteiger partial charge in [0.1, 0.15) is 0 Å². The SMILES string of the molecule is Cl.O=C(CCC1CCNC1)N(Cc1ccsc1)c1ccccc1. The Balaban J connectivity index is 0.00000192. The molecule has 2 heterocycles. The molecule has 1 amide bonds. The molecule has 124 valence electrons. The van der Waals surface area contributed by atoms with Crippen LogP contribution in [0.4, 0.5) is 5.69 Å². The van der Waals surface area contributed by atoms with E-state index in [2.05, 4.69) is 22.1 Å². The van der Waals surface area contributed by atoms with Crippen LogP contribution in [0.1, 0.15) is 24.8 Å². The summed E-state index contributed by atoms with van der Waals surface area (Å²) in [5, 5.41) is 7.55. The Hall–Kier alpha value is -1.36. The molecule has 0 aliphatic carbocycles. The van der Waals surface area contributed by atoms with Gasteiger partial charge in [-0.3, -0.25) is 4.79 Å². The quantitative estimate of drug-likeness (QED) is 0.850. The number of carbonyl (C=O) groups excluding carboxylic acids is 1. The van der Waals surface area contributed by atoms with Gasteiger partial charge in [0.25, 0.3) is 0 Å². The molecule has 1 aromatic carbocycles. The van der Waals surface area contributed by atoms with Gasteiger partial charge in [0.05, 0.1) is 6.54 Å². The molecule has 1 saturated heterocycles. The summed E-state index contributed by atoms with van der Waals surface area (Å²) in [6.07, 6.45) is 2.81. The lowest BCUT2D eigenvalue weighted by atomic mass is 10.0. The first-order valence-corrected chi connectivity index (χ1v) is 8.84. The van der Waals surface area contributed by atoms with Crippen molar-refractivity contribution >= 4 is 35.3 Å². The number of rotatable bonds is 6. The van der Waals surface area contributed by atoms with Crippen molar-refractivity contribution in [1.29, 1.82) is 0 Å². The molecule has 5 heteroatoms. The predicted octanol–water partition coefficient (Wildman–Crippen LogP) is 4.09. The van der Waals surface area contributed by atoms with Crippen molar-refractivity contribution in [2.24, 2.45) is 5.92 Å². The van der Waals surface area contributed by atoms with Crippen LogP contribution in [0.3, 0.4) is 0 Å². The van der Waals surface area contributed by atoms with E-state index in [9.17, 15) is 4.79 Å². The molecule has 1 N–H and O–H groups in total. The van der Waals surface area contributed by atoms with E-state index in [4.69, 9.17) is 0 Å². The molecule has 0 bridgehead atoms. The Labute approximate surface area is 148 Å². The van der Waals surface area contributed by atoms with Gasteiger partial charge in [-0.25, -0.2) is 0 Å². The number of nitrogens with one attached hydrogen (secondary N) is 1. The maximum Gasteiger partial charge on any atom is 0.227 e. The fourth-order valence-corrected chi connectivity index (χ4v) is 3.58. The topological polar surface area (TPSA) is 32.3 Å². The summed E-state index contributed by atoms with van der Waals surface area (Å²) in [5.74, 6) is 0.882. The molecular weight excluding hydrogens is 328 g/mol. The second-order valence-electron chi connectivity index (χ2n) is 5.84. The molecule has 0 saturated carbocycles. The minimum Gasteiger partial charge on any atom is -0.316 e. The van der Waals surface area contributed by atoms with Crippen LogP contribution in [-0.2, 0) is 11.3 Å². The van der Waals surface area contributed by atoms with E-state index >= 15 is 0 Å². The molecule has 1 aromatic heterocycles. The molecule has 1 fully saturated rings. The fourth-order valence-electron chi connectivity index (χ4n) is 2.92. The number of anilines is 1. The number of hydrogen-bond donors (Lipinski definition) is 1. The third kappa shape index (κ3) is 5.06. The highest BCUT2D eigenvalue weighted by Crippen LogP contribution is 2.21. The molecule has 23 heavy (non-hydrogen) atoms. The first-order chi connectivity index (χ1) is 10.8.